The minimum Gasteiger partial charge on any atom is -0.493 e. The highest BCUT2D eigenvalue weighted by atomic mass is 16.5. The number of hydrogen-bond donors (Lipinski definition) is 1. The van der Waals surface area contributed by atoms with Gasteiger partial charge in [-0.15, -0.1) is 0 Å². The number of ether oxygens (including phenoxy) is 20. The fourth-order valence-electron chi connectivity index (χ4n) is 13.1. The molecule has 12 aromatic rings. The number of unbranched alkanes of at least 4 members (excludes halogenated alkanes) is 3. The number of Topliss-reactive ketones (excluding diaryl/α,β-unsaturated/α-hetero) is 1. The molecular weight excluding hydrogens is 1890 g/mol. The third-order valence-electron chi connectivity index (χ3n) is 20.8. The first-order chi connectivity index (χ1) is 73.9. The average Bonchev–Trinajstić information content (AvgIpc) is 0.924. The monoisotopic (exact) mass is 2060 g/mol. The molecule has 0 fully saturated rings. The summed E-state index contributed by atoms with van der Waals surface area (Å²) in [7, 11) is 1.66. The number of carbonyl (C=O) groups is 1. The van der Waals surface area contributed by atoms with Gasteiger partial charge in [-0.25, -0.2) is 0 Å². The first kappa shape index (κ1) is 127. The Labute approximate surface area is 898 Å². The van der Waals surface area contributed by atoms with Crippen molar-refractivity contribution in [1.29, 1.82) is 0 Å². The molecule has 0 aromatic heterocycles. The minimum absolute atomic E-state index is 0.159. The summed E-state index contributed by atoms with van der Waals surface area (Å²) in [4.78, 5) is 11.1. The largest absolute Gasteiger partial charge is 0.493 e. The normalized spacial score (nSPS) is 10.2. The van der Waals surface area contributed by atoms with Gasteiger partial charge in [-0.1, -0.05) is 252 Å². The van der Waals surface area contributed by atoms with E-state index in [2.05, 4.69) is 123 Å². The van der Waals surface area contributed by atoms with Gasteiger partial charge in [0.05, 0.1) is 132 Å². The number of rotatable bonds is 69. The van der Waals surface area contributed by atoms with Crippen molar-refractivity contribution in [3.8, 4) is 92.0 Å². The lowest BCUT2D eigenvalue weighted by Gasteiger charge is -2.09. The van der Waals surface area contributed by atoms with Gasteiger partial charge < -0.3 is 99.8 Å². The van der Waals surface area contributed by atoms with E-state index in [0.717, 1.165) is 254 Å². The molecule has 22 heteroatoms. The number of benzene rings is 12. The van der Waals surface area contributed by atoms with E-state index >= 15 is 0 Å². The molecule has 818 valence electrons. The van der Waals surface area contributed by atoms with E-state index in [0.29, 0.717) is 111 Å². The van der Waals surface area contributed by atoms with Crippen LogP contribution in [0.25, 0.3) is 0 Å². The van der Waals surface area contributed by atoms with Gasteiger partial charge in [0.2, 0.25) is 0 Å². The molecule has 12 rings (SSSR count). The zero-order valence-corrected chi connectivity index (χ0v) is 91.7. The zero-order chi connectivity index (χ0) is 107. The van der Waals surface area contributed by atoms with E-state index in [1.807, 2.05) is 262 Å². The second-order valence-corrected chi connectivity index (χ2v) is 34.4. The van der Waals surface area contributed by atoms with E-state index in [1.165, 1.54) is 35.1 Å². The molecule has 0 atom stereocenters. The molecule has 0 radical (unpaired) electrons. The molecule has 1 N–H and O–H groups in total. The van der Waals surface area contributed by atoms with Crippen LogP contribution in [0.5, 0.6) is 92.0 Å². The summed E-state index contributed by atoms with van der Waals surface area (Å²) in [5.41, 5.74) is 4.94. The molecule has 0 amide bonds. The van der Waals surface area contributed by atoms with Gasteiger partial charge in [0.15, 0.2) is 0 Å². The van der Waals surface area contributed by atoms with Gasteiger partial charge in [-0.2, -0.15) is 0 Å². The third kappa shape index (κ3) is 67.1. The van der Waals surface area contributed by atoms with Crippen LogP contribution < -0.4 is 75.8 Å². The number of ketones is 1. The topological polar surface area (TPSA) is 222 Å². The molecule has 0 bridgehead atoms. The molecule has 0 heterocycles. The predicted octanol–water partition coefficient (Wildman–Crippen LogP) is 30.3. The number of hydrogen-bond acceptors (Lipinski definition) is 22. The third-order valence-corrected chi connectivity index (χ3v) is 20.8. The predicted molar refractivity (Wildman–Crippen MR) is 606 cm³/mol. The Hall–Kier alpha value is -13.1. The number of aliphatic hydroxyl groups is 1. The fourth-order valence-corrected chi connectivity index (χ4v) is 13.1. The Kier molecular flexibility index (Phi) is 76.3. The van der Waals surface area contributed by atoms with Crippen LogP contribution in [0.4, 0.5) is 0 Å². The number of aryl methyl sites for hydroxylation is 1. The van der Waals surface area contributed by atoms with Crippen molar-refractivity contribution < 1.29 is 105 Å². The quantitative estimate of drug-likeness (QED) is 0.0350. The van der Waals surface area contributed by atoms with Crippen molar-refractivity contribution in [2.24, 2.45) is 0 Å². The van der Waals surface area contributed by atoms with Crippen LogP contribution in [0, 0.1) is 0 Å². The Balaban J connectivity index is 0.000000303. The number of methoxy groups -OCH3 is 1. The smallest absolute Gasteiger partial charge is 0.132 e. The lowest BCUT2D eigenvalue weighted by atomic mass is 10.1. The maximum atomic E-state index is 11.1. The van der Waals surface area contributed by atoms with Crippen LogP contribution in [-0.2, 0) is 50.0 Å². The van der Waals surface area contributed by atoms with Gasteiger partial charge in [-0.3, -0.25) is 4.79 Å². The second kappa shape index (κ2) is 89.9. The second-order valence-electron chi connectivity index (χ2n) is 34.4. The van der Waals surface area contributed by atoms with Crippen molar-refractivity contribution in [1.82, 2.24) is 0 Å². The SMILES string of the molecule is CCCCCOc1cccc(OCCC)c1.CCCOc1cccc(OCCCC(=O)CC)c1.CCCOc1cccc(OCCCCOCc2ccccc2)c1.CCCOc1cccc(OCCCO)c1.CCCOc1cccc(OCCCOCc2ccccc2)c1.CCCOc1cccc(OCCCc2ccccc2)c1.CCCOc1cccc(OCCOC)c1.CCCOc1cccc(OCCOCc2ccccc2)c1. The van der Waals surface area contributed by atoms with Crippen molar-refractivity contribution in [2.45, 2.75) is 217 Å². The summed E-state index contributed by atoms with van der Waals surface area (Å²) in [6.45, 7) is 36.5. The summed E-state index contributed by atoms with van der Waals surface area (Å²) < 4.78 is 111. The Morgan fingerprint density at radius 3 is 0.667 bits per heavy atom. The van der Waals surface area contributed by atoms with E-state index in [9.17, 15) is 4.79 Å². The molecule has 0 unspecified atom stereocenters. The summed E-state index contributed by atoms with van der Waals surface area (Å²) in [6, 6.07) is 103. The number of aliphatic hydroxyl groups excluding tert-OH is 1. The Bertz CT molecular complexity index is 5090. The summed E-state index contributed by atoms with van der Waals surface area (Å²) in [6.07, 6.45) is 19.2. The summed E-state index contributed by atoms with van der Waals surface area (Å²) >= 11 is 0. The van der Waals surface area contributed by atoms with Crippen LogP contribution in [0.3, 0.4) is 0 Å². The van der Waals surface area contributed by atoms with E-state index in [4.69, 9.17) is 99.8 Å². The Morgan fingerprint density at radius 1 is 0.193 bits per heavy atom. The zero-order valence-electron chi connectivity index (χ0n) is 91.7. The Morgan fingerprint density at radius 2 is 0.407 bits per heavy atom. The first-order valence-corrected chi connectivity index (χ1v) is 54.2. The molecule has 0 aliphatic carbocycles. The van der Waals surface area contributed by atoms with Crippen molar-refractivity contribution in [3.05, 3.63) is 338 Å². The lowest BCUT2D eigenvalue weighted by Crippen LogP contribution is -2.06. The van der Waals surface area contributed by atoms with Gasteiger partial charge in [0.25, 0.3) is 0 Å². The van der Waals surface area contributed by atoms with E-state index < -0.39 is 0 Å². The standard InChI is InChI=1S/C20H26O3.C19H24O3.C18H22O3.C18H22O2.C15H22O3.C14H22O2.2C12H18O3/c1-2-13-22-19-11-8-12-20(16-19)23-15-7-6-14-21-17-18-9-4-3-5-10-18;1-2-12-21-18-10-6-11-19(15-18)22-14-7-13-20-16-17-8-4-3-5-9-17;1-2-11-20-17-9-6-10-18(14-17)21-13-12-19-15-16-7-4-3-5-8-16;1-2-13-19-17-11-6-12-18(15-17)20-14-7-10-16-8-4-3-5-9-16;1-3-10-17-14-8-5-9-15(12-14)18-11-6-7-13(16)4-2;1-3-5-6-11-16-14-9-7-8-13(12-14)15-10-4-2;1-3-7-14-11-5-4-6-12(10-11)15-9-8-13-2;1-2-8-14-11-5-3-6-12(10-11)15-9-4-7-13/h3-5,8-12,16H,2,6-7,13-15,17H2,1H3;3-6,8-11,15H,2,7,12-14,16H2,1H3;3-10,14H,2,11-13,15H2,1H3;3-6,8-9,11-12,15H,2,7,10,13-14H2,1H3;5,8-9,12H,3-4,6-7,10-11H2,1-2H3;7-9,12H,3-6,10-11H2,1-2H3;4-6,10H,3,7-9H2,1-2H3;3,5-6,10,13H,2,4,7-9H2,1H3. The maximum Gasteiger partial charge on any atom is 0.132 e. The van der Waals surface area contributed by atoms with Gasteiger partial charge in [-0.05, 0) is 209 Å². The van der Waals surface area contributed by atoms with Crippen LogP contribution in [0.1, 0.15) is 213 Å². The molecule has 0 aliphatic heterocycles. The van der Waals surface area contributed by atoms with Crippen molar-refractivity contribution in [3.63, 3.8) is 0 Å². The molecule has 0 saturated carbocycles. The molecule has 150 heavy (non-hydrogen) atoms. The van der Waals surface area contributed by atoms with Crippen LogP contribution >= 0.6 is 0 Å². The van der Waals surface area contributed by atoms with E-state index in [1.54, 1.807) is 7.11 Å². The summed E-state index contributed by atoms with van der Waals surface area (Å²) in [5.74, 6) is 13.9. The summed E-state index contributed by atoms with van der Waals surface area (Å²) in [5, 5.41) is 8.61. The molecule has 0 saturated heterocycles. The van der Waals surface area contributed by atoms with Crippen molar-refractivity contribution in [2.75, 3.05) is 146 Å². The highest BCUT2D eigenvalue weighted by Gasteiger charge is 2.09. The number of carbonyl (C=O) groups excluding carboxylic acids is 1. The van der Waals surface area contributed by atoms with Gasteiger partial charge >= 0.3 is 0 Å². The highest BCUT2D eigenvalue weighted by Crippen LogP contribution is 2.28. The molecular formula is C128H174O22. The molecule has 0 spiro atoms. The van der Waals surface area contributed by atoms with Gasteiger partial charge in [0, 0.05) is 94.5 Å². The average molecular weight is 2060 g/mol. The fraction of sp³-hybridized carbons (Fsp3) is 0.430. The van der Waals surface area contributed by atoms with Crippen molar-refractivity contribution >= 4 is 5.78 Å². The maximum absolute atomic E-state index is 11.1. The minimum atomic E-state index is 0.159. The van der Waals surface area contributed by atoms with Crippen LogP contribution in [0.15, 0.2) is 315 Å². The van der Waals surface area contributed by atoms with Crippen LogP contribution in [0.2, 0.25) is 0 Å². The van der Waals surface area contributed by atoms with E-state index in [-0.39, 0.29) is 6.61 Å². The molecule has 0 aliphatic rings. The first-order valence-electron chi connectivity index (χ1n) is 54.2. The molecule has 12 aromatic carbocycles. The molecule has 22 nitrogen and oxygen atoms in total. The van der Waals surface area contributed by atoms with Crippen LogP contribution in [-0.4, -0.2) is 157 Å². The highest BCUT2D eigenvalue weighted by molar-refractivity contribution is 5.77. The lowest BCUT2D eigenvalue weighted by molar-refractivity contribution is -0.119. The van der Waals surface area contributed by atoms with Gasteiger partial charge in [0.1, 0.15) is 111 Å².